The fourth-order valence-corrected chi connectivity index (χ4v) is 3.63. The van der Waals surface area contributed by atoms with Crippen LogP contribution >= 0.6 is 11.8 Å². The molecule has 1 aromatic carbocycles. The van der Waals surface area contributed by atoms with Gasteiger partial charge in [-0.3, -0.25) is 0 Å². The van der Waals surface area contributed by atoms with Gasteiger partial charge in [0.05, 0.1) is 15.4 Å². The summed E-state index contributed by atoms with van der Waals surface area (Å²) in [7, 11) is 2.05. The van der Waals surface area contributed by atoms with Gasteiger partial charge in [-0.1, -0.05) is 17.8 Å². The van der Waals surface area contributed by atoms with Crippen LogP contribution in [0.25, 0.3) is 11.3 Å². The molecule has 4 rings (SSSR count). The summed E-state index contributed by atoms with van der Waals surface area (Å²) in [5.41, 5.74) is 3.46. The zero-order chi connectivity index (χ0) is 15.1. The van der Waals surface area contributed by atoms with Gasteiger partial charge in [0.2, 0.25) is 11.6 Å². The Morgan fingerprint density at radius 2 is 1.95 bits per heavy atom. The minimum absolute atomic E-state index is 0.686. The van der Waals surface area contributed by atoms with Crippen molar-refractivity contribution < 1.29 is 9.30 Å². The molecule has 1 aliphatic heterocycles. The van der Waals surface area contributed by atoms with Crippen LogP contribution in [0.15, 0.2) is 64.6 Å². The lowest BCUT2D eigenvalue weighted by atomic mass is 10.0. The van der Waals surface area contributed by atoms with E-state index in [1.54, 1.807) is 18.0 Å². The van der Waals surface area contributed by atoms with Crippen molar-refractivity contribution in [1.82, 2.24) is 4.98 Å². The van der Waals surface area contributed by atoms with Gasteiger partial charge >= 0.3 is 0 Å². The van der Waals surface area contributed by atoms with Crippen molar-refractivity contribution >= 4 is 11.8 Å². The molecule has 0 unspecified atom stereocenters. The number of hydrogen-bond acceptors (Lipinski definition) is 3. The van der Waals surface area contributed by atoms with Crippen LogP contribution in [-0.4, -0.2) is 4.98 Å². The summed E-state index contributed by atoms with van der Waals surface area (Å²) in [5.74, 6) is 1.59. The molecule has 0 amide bonds. The predicted molar refractivity (Wildman–Crippen MR) is 86.2 cm³/mol. The Balaban J connectivity index is 1.94. The molecule has 0 saturated carbocycles. The van der Waals surface area contributed by atoms with Gasteiger partial charge < -0.3 is 4.74 Å². The summed E-state index contributed by atoms with van der Waals surface area (Å²) >= 11 is 1.71. The maximum Gasteiger partial charge on any atom is 0.233 e. The first-order valence-corrected chi connectivity index (χ1v) is 7.95. The normalized spacial score (nSPS) is 12.3. The third kappa shape index (κ3) is 2.07. The van der Waals surface area contributed by atoms with Crippen LogP contribution in [0.2, 0.25) is 0 Å². The number of fused-ring (bicyclic) bond motifs is 2. The third-order valence-corrected chi connectivity index (χ3v) is 4.87. The van der Waals surface area contributed by atoms with Crippen LogP contribution in [-0.2, 0) is 7.05 Å². The average Bonchev–Trinajstić information content (AvgIpc) is 2.54. The second-order valence-electron chi connectivity index (χ2n) is 5.29. The van der Waals surface area contributed by atoms with E-state index in [9.17, 15) is 0 Å². The number of rotatable bonds is 1. The summed E-state index contributed by atoms with van der Waals surface area (Å²) in [5, 5.41) is 0. The van der Waals surface area contributed by atoms with Crippen LogP contribution in [0.4, 0.5) is 0 Å². The van der Waals surface area contributed by atoms with Crippen molar-refractivity contribution in [3.8, 4) is 22.9 Å². The molecule has 0 radical (unpaired) electrons. The molecule has 0 atom stereocenters. The van der Waals surface area contributed by atoms with E-state index in [0.717, 1.165) is 26.8 Å². The van der Waals surface area contributed by atoms with Crippen molar-refractivity contribution in [2.45, 2.75) is 16.7 Å². The maximum absolute atomic E-state index is 6.15. The Morgan fingerprint density at radius 3 is 2.82 bits per heavy atom. The number of nitrogens with zero attached hydrogens (tertiary/aromatic N) is 2. The first-order valence-electron chi connectivity index (χ1n) is 7.13. The van der Waals surface area contributed by atoms with E-state index in [0.29, 0.717) is 5.88 Å². The molecule has 2 aromatic heterocycles. The molecule has 108 valence electrons. The lowest BCUT2D eigenvalue weighted by Gasteiger charge is -2.21. The highest BCUT2D eigenvalue weighted by Crippen LogP contribution is 2.50. The second-order valence-corrected chi connectivity index (χ2v) is 6.38. The summed E-state index contributed by atoms with van der Waals surface area (Å²) in [4.78, 5) is 6.54. The minimum atomic E-state index is 0.686. The third-order valence-electron chi connectivity index (χ3n) is 3.80. The van der Waals surface area contributed by atoms with E-state index in [2.05, 4.69) is 54.0 Å². The second kappa shape index (κ2) is 5.14. The number of ether oxygens (including phenoxy) is 1. The fraction of sp³-hybridized carbons (Fsp3) is 0.111. The summed E-state index contributed by atoms with van der Waals surface area (Å²) in [6, 6.07) is 14.4. The maximum atomic E-state index is 6.15. The fourth-order valence-electron chi connectivity index (χ4n) is 2.69. The molecule has 22 heavy (non-hydrogen) atoms. The van der Waals surface area contributed by atoms with E-state index in [1.165, 1.54) is 5.56 Å². The van der Waals surface area contributed by atoms with Gasteiger partial charge in [0.25, 0.3) is 0 Å². The van der Waals surface area contributed by atoms with E-state index in [4.69, 9.17) is 4.74 Å². The molecule has 0 N–H and O–H groups in total. The number of benzene rings is 1. The van der Waals surface area contributed by atoms with Crippen LogP contribution in [0.3, 0.4) is 0 Å². The van der Waals surface area contributed by atoms with Crippen molar-refractivity contribution in [1.29, 1.82) is 0 Å². The summed E-state index contributed by atoms with van der Waals surface area (Å²) < 4.78 is 8.27. The highest BCUT2D eigenvalue weighted by Gasteiger charge is 2.26. The van der Waals surface area contributed by atoms with Gasteiger partial charge in [-0.05, 0) is 36.8 Å². The van der Waals surface area contributed by atoms with Crippen molar-refractivity contribution in [3.05, 3.63) is 60.4 Å². The summed E-state index contributed by atoms with van der Waals surface area (Å²) in [6.07, 6.45) is 3.82. The smallest absolute Gasteiger partial charge is 0.233 e. The Labute approximate surface area is 133 Å². The quantitative estimate of drug-likeness (QED) is 0.494. The Morgan fingerprint density at radius 1 is 1.05 bits per heavy atom. The molecule has 0 spiro atoms. The van der Waals surface area contributed by atoms with Crippen LogP contribution in [0.5, 0.6) is 11.6 Å². The number of aryl methyl sites for hydroxylation is 2. The molecular weight excluding hydrogens is 292 g/mol. The zero-order valence-corrected chi connectivity index (χ0v) is 13.2. The Hall–Kier alpha value is -2.33. The highest BCUT2D eigenvalue weighted by atomic mass is 32.2. The van der Waals surface area contributed by atoms with Crippen LogP contribution < -0.4 is 9.30 Å². The minimum Gasteiger partial charge on any atom is -0.436 e. The lowest BCUT2D eigenvalue weighted by Crippen LogP contribution is -2.30. The molecule has 0 fully saturated rings. The van der Waals surface area contributed by atoms with Crippen LogP contribution in [0, 0.1) is 6.92 Å². The first-order chi connectivity index (χ1) is 10.7. The van der Waals surface area contributed by atoms with Gasteiger partial charge in [-0.15, -0.1) is 0 Å². The van der Waals surface area contributed by atoms with E-state index in [1.807, 2.05) is 18.2 Å². The van der Waals surface area contributed by atoms with E-state index < -0.39 is 0 Å². The highest BCUT2D eigenvalue weighted by molar-refractivity contribution is 7.99. The van der Waals surface area contributed by atoms with Crippen molar-refractivity contribution in [3.63, 3.8) is 0 Å². The first kappa shape index (κ1) is 13.3. The van der Waals surface area contributed by atoms with Gasteiger partial charge in [0.15, 0.2) is 11.9 Å². The number of aromatic nitrogens is 2. The predicted octanol–water partition coefficient (Wildman–Crippen LogP) is 4.14. The van der Waals surface area contributed by atoms with Crippen molar-refractivity contribution in [2.75, 3.05) is 0 Å². The molecule has 3 heterocycles. The standard InChI is InChI=1S/C18H15N2OS/c1-12-8-9-14-17(16(12)13-6-3-4-11-20(13)2)21-18-15(22-14)7-5-10-19-18/h3-11H,1-2H3/q+1. The number of pyridine rings is 2. The van der Waals surface area contributed by atoms with E-state index >= 15 is 0 Å². The molecule has 0 saturated heterocycles. The monoisotopic (exact) mass is 307 g/mol. The van der Waals surface area contributed by atoms with Crippen LogP contribution in [0.1, 0.15) is 5.56 Å². The molecular formula is C18H15N2OS+. The molecule has 0 bridgehead atoms. The summed E-state index contributed by atoms with van der Waals surface area (Å²) in [6.45, 7) is 2.12. The lowest BCUT2D eigenvalue weighted by molar-refractivity contribution is -0.660. The number of hydrogen-bond donors (Lipinski definition) is 0. The molecule has 4 heteroatoms. The SMILES string of the molecule is Cc1ccc2c(c1-c1cccc[n+]1C)Oc1ncccc1S2. The topological polar surface area (TPSA) is 26.0 Å². The molecule has 3 aromatic rings. The van der Waals surface area contributed by atoms with Gasteiger partial charge in [-0.25, -0.2) is 9.55 Å². The van der Waals surface area contributed by atoms with Gasteiger partial charge in [-0.2, -0.15) is 0 Å². The largest absolute Gasteiger partial charge is 0.436 e. The average molecular weight is 307 g/mol. The van der Waals surface area contributed by atoms with Gasteiger partial charge in [0, 0.05) is 18.3 Å². The van der Waals surface area contributed by atoms with Crippen molar-refractivity contribution in [2.24, 2.45) is 7.05 Å². The van der Waals surface area contributed by atoms with Gasteiger partial charge in [0.1, 0.15) is 7.05 Å². The molecule has 0 aliphatic carbocycles. The van der Waals surface area contributed by atoms with E-state index in [-0.39, 0.29) is 0 Å². The Kier molecular flexibility index (Phi) is 3.12. The zero-order valence-electron chi connectivity index (χ0n) is 12.4. The molecule has 3 nitrogen and oxygen atoms in total. The Bertz CT molecular complexity index is 877. The molecule has 1 aliphatic rings.